The summed E-state index contributed by atoms with van der Waals surface area (Å²) in [5.41, 5.74) is 10.2. The first kappa shape index (κ1) is 14.7. The summed E-state index contributed by atoms with van der Waals surface area (Å²) < 4.78 is 0. The largest absolute Gasteiger partial charge is 0.384 e. The smallest absolute Gasteiger partial charge is 0.234 e. The average Bonchev–Trinajstić information content (AvgIpc) is 2.61. The Labute approximate surface area is 134 Å². The Morgan fingerprint density at radius 3 is 1.87 bits per heavy atom. The molecule has 23 heavy (non-hydrogen) atoms. The molecule has 0 bridgehead atoms. The fraction of sp³-hybridized carbons (Fsp3) is 0. The third kappa shape index (κ3) is 2.90. The van der Waals surface area contributed by atoms with Crippen molar-refractivity contribution in [3.63, 3.8) is 0 Å². The summed E-state index contributed by atoms with van der Waals surface area (Å²) in [5, 5.41) is 7.45. The van der Waals surface area contributed by atoms with E-state index in [2.05, 4.69) is 6.29 Å². The quantitative estimate of drug-likeness (QED) is 0.569. The number of nitrogens with one attached hydrogen (secondary N) is 1. The molecule has 0 aliphatic rings. The fourth-order valence-electron chi connectivity index (χ4n) is 2.59. The Morgan fingerprint density at radius 1 is 0.783 bits per heavy atom. The lowest BCUT2D eigenvalue weighted by Crippen LogP contribution is -2.10. The molecule has 3 rings (SSSR count). The highest BCUT2D eigenvalue weighted by Crippen LogP contribution is 2.31. The lowest BCUT2D eigenvalue weighted by Gasteiger charge is -2.11. The van der Waals surface area contributed by atoms with Gasteiger partial charge in [0.2, 0.25) is 6.29 Å². The molecule has 0 atom stereocenters. The van der Waals surface area contributed by atoms with Crippen LogP contribution in [0.3, 0.4) is 0 Å². The molecule has 1 radical (unpaired) electrons. The molecule has 0 heterocycles. The van der Waals surface area contributed by atoms with Gasteiger partial charge in [0.05, 0.1) is 0 Å². The lowest BCUT2D eigenvalue weighted by atomic mass is 9.92. The Morgan fingerprint density at radius 2 is 1.35 bits per heavy atom. The van der Waals surface area contributed by atoms with Crippen molar-refractivity contribution < 1.29 is 4.79 Å². The van der Waals surface area contributed by atoms with Crippen molar-refractivity contribution >= 4 is 12.1 Å². The predicted molar refractivity (Wildman–Crippen MR) is 93.1 cm³/mol. The molecule has 0 aromatic heterocycles. The summed E-state index contributed by atoms with van der Waals surface area (Å²) >= 11 is 0. The number of hydrogen-bond acceptors (Lipinski definition) is 2. The van der Waals surface area contributed by atoms with Crippen molar-refractivity contribution in [1.29, 1.82) is 5.41 Å². The van der Waals surface area contributed by atoms with Crippen LogP contribution in [0.25, 0.3) is 22.3 Å². The van der Waals surface area contributed by atoms with Gasteiger partial charge in [-0.3, -0.25) is 10.2 Å². The number of carbonyl (C=O) groups excluding carboxylic acids is 1. The molecule has 3 aromatic carbocycles. The minimum Gasteiger partial charge on any atom is -0.384 e. The number of rotatable bonds is 4. The maximum atomic E-state index is 11.6. The first-order valence-electron chi connectivity index (χ1n) is 7.22. The van der Waals surface area contributed by atoms with E-state index in [0.717, 1.165) is 22.3 Å². The lowest BCUT2D eigenvalue weighted by molar-refractivity contribution is 0.563. The molecule has 0 aliphatic heterocycles. The van der Waals surface area contributed by atoms with Crippen molar-refractivity contribution in [2.24, 2.45) is 5.73 Å². The number of benzene rings is 3. The Hall–Kier alpha value is -3.20. The Kier molecular flexibility index (Phi) is 4.02. The van der Waals surface area contributed by atoms with E-state index in [9.17, 15) is 4.79 Å². The molecule has 0 fully saturated rings. The first-order chi connectivity index (χ1) is 11.2. The van der Waals surface area contributed by atoms with Crippen LogP contribution in [-0.4, -0.2) is 12.1 Å². The van der Waals surface area contributed by atoms with Crippen LogP contribution >= 0.6 is 0 Å². The molecule has 3 nitrogen and oxygen atoms in total. The Balaban J connectivity index is 2.13. The van der Waals surface area contributed by atoms with Gasteiger partial charge >= 0.3 is 0 Å². The maximum Gasteiger partial charge on any atom is 0.234 e. The number of hydrogen-bond donors (Lipinski definition) is 2. The predicted octanol–water partition coefficient (Wildman–Crippen LogP) is 3.76. The summed E-state index contributed by atoms with van der Waals surface area (Å²) in [4.78, 5) is 11.6. The van der Waals surface area contributed by atoms with Crippen LogP contribution < -0.4 is 5.73 Å². The number of nitrogens with two attached hydrogens (primary N) is 1. The van der Waals surface area contributed by atoms with Crippen molar-refractivity contribution in [3.8, 4) is 22.3 Å². The second-order valence-corrected chi connectivity index (χ2v) is 5.19. The van der Waals surface area contributed by atoms with Crippen LogP contribution in [0.15, 0.2) is 72.8 Å². The van der Waals surface area contributed by atoms with Gasteiger partial charge in [-0.15, -0.1) is 0 Å². The first-order valence-corrected chi connectivity index (χ1v) is 7.22. The molecule has 0 spiro atoms. The average molecular weight is 299 g/mol. The molecule has 0 unspecified atom stereocenters. The highest BCUT2D eigenvalue weighted by Gasteiger charge is 2.12. The van der Waals surface area contributed by atoms with Gasteiger partial charge in [0.1, 0.15) is 5.84 Å². The van der Waals surface area contributed by atoms with E-state index < -0.39 is 0 Å². The molecular weight excluding hydrogens is 284 g/mol. The number of nitrogen functional groups attached to an aromatic ring is 1. The topological polar surface area (TPSA) is 66.9 Å². The Bertz CT molecular complexity index is 853. The van der Waals surface area contributed by atoms with Crippen molar-refractivity contribution in [2.75, 3.05) is 0 Å². The second-order valence-electron chi connectivity index (χ2n) is 5.19. The summed E-state index contributed by atoms with van der Waals surface area (Å²) in [6.07, 6.45) is 2.08. The van der Waals surface area contributed by atoms with Crippen molar-refractivity contribution in [3.05, 3.63) is 83.9 Å². The summed E-state index contributed by atoms with van der Waals surface area (Å²) in [6, 6.07) is 22.8. The van der Waals surface area contributed by atoms with E-state index in [1.165, 1.54) is 0 Å². The minimum atomic E-state index is 0.0248. The zero-order valence-corrected chi connectivity index (χ0v) is 12.4. The van der Waals surface area contributed by atoms with E-state index in [1.54, 1.807) is 12.1 Å². The van der Waals surface area contributed by atoms with E-state index in [0.29, 0.717) is 11.1 Å². The molecule has 0 aliphatic carbocycles. The third-order valence-electron chi connectivity index (χ3n) is 3.76. The van der Waals surface area contributed by atoms with E-state index >= 15 is 0 Å². The number of amidine groups is 1. The van der Waals surface area contributed by atoms with Crippen LogP contribution in [0.5, 0.6) is 0 Å². The zero-order valence-electron chi connectivity index (χ0n) is 12.4. The summed E-state index contributed by atoms with van der Waals surface area (Å²) in [5.74, 6) is 0.0248. The molecule has 3 aromatic rings. The van der Waals surface area contributed by atoms with Gasteiger partial charge in [0, 0.05) is 11.1 Å². The monoisotopic (exact) mass is 299 g/mol. The third-order valence-corrected chi connectivity index (χ3v) is 3.76. The highest BCUT2D eigenvalue weighted by molar-refractivity contribution is 5.98. The molecular formula is C20H15N2O. The highest BCUT2D eigenvalue weighted by atomic mass is 16.1. The standard InChI is InChI=1S/C20H15N2O/c21-20(22)16-11-9-15(10-12-16)18-8-4-7-17(19(18)13-23)14-5-2-1-3-6-14/h1-12H,(H3,21,22). The van der Waals surface area contributed by atoms with Crippen LogP contribution in [0.1, 0.15) is 11.1 Å². The zero-order chi connectivity index (χ0) is 16.2. The molecule has 0 saturated carbocycles. The SMILES string of the molecule is N=C(N)c1ccc(-c2cccc(-c3ccccc3)c2[C]=O)cc1. The summed E-state index contributed by atoms with van der Waals surface area (Å²) in [6.45, 7) is 0. The van der Waals surface area contributed by atoms with Gasteiger partial charge in [-0.05, 0) is 22.3 Å². The van der Waals surface area contributed by atoms with Crippen LogP contribution in [0.2, 0.25) is 0 Å². The van der Waals surface area contributed by atoms with Gasteiger partial charge < -0.3 is 5.73 Å². The van der Waals surface area contributed by atoms with Gasteiger partial charge in [-0.1, -0.05) is 72.8 Å². The van der Waals surface area contributed by atoms with E-state index in [4.69, 9.17) is 11.1 Å². The fourth-order valence-corrected chi connectivity index (χ4v) is 2.59. The second kappa shape index (κ2) is 6.28. The van der Waals surface area contributed by atoms with Crippen molar-refractivity contribution in [2.45, 2.75) is 0 Å². The van der Waals surface area contributed by atoms with Crippen LogP contribution in [0, 0.1) is 5.41 Å². The van der Waals surface area contributed by atoms with Gasteiger partial charge in [0.15, 0.2) is 0 Å². The molecule has 3 heteroatoms. The van der Waals surface area contributed by atoms with Crippen LogP contribution in [-0.2, 0) is 4.79 Å². The van der Waals surface area contributed by atoms with Crippen molar-refractivity contribution in [1.82, 2.24) is 0 Å². The van der Waals surface area contributed by atoms with Gasteiger partial charge in [-0.25, -0.2) is 0 Å². The summed E-state index contributed by atoms with van der Waals surface area (Å²) in [7, 11) is 0. The van der Waals surface area contributed by atoms with Gasteiger partial charge in [0.25, 0.3) is 0 Å². The van der Waals surface area contributed by atoms with E-state index in [-0.39, 0.29) is 5.84 Å². The van der Waals surface area contributed by atoms with E-state index in [1.807, 2.05) is 60.7 Å². The molecule has 111 valence electrons. The molecule has 0 saturated heterocycles. The van der Waals surface area contributed by atoms with Gasteiger partial charge in [-0.2, -0.15) is 0 Å². The van der Waals surface area contributed by atoms with Crippen LogP contribution in [0.4, 0.5) is 0 Å². The maximum absolute atomic E-state index is 11.6. The normalized spacial score (nSPS) is 10.3. The molecule has 3 N–H and O–H groups in total. The molecule has 0 amide bonds. The minimum absolute atomic E-state index is 0.0248.